The number of nitrogens with one attached hydrogen (secondary N) is 2. The third-order valence-corrected chi connectivity index (χ3v) is 6.82. The Hall–Kier alpha value is -1.93. The van der Waals surface area contributed by atoms with Gasteiger partial charge >= 0.3 is 11.1 Å². The summed E-state index contributed by atoms with van der Waals surface area (Å²) in [6.07, 6.45) is 4.96. The number of hydrogen-bond donors (Lipinski definition) is 2. The van der Waals surface area contributed by atoms with Gasteiger partial charge in [0, 0.05) is 13.1 Å². The number of H-pyrrole nitrogens is 2. The molecule has 1 fully saturated rings. The van der Waals surface area contributed by atoms with Crippen molar-refractivity contribution in [3.8, 4) is 0 Å². The molecule has 1 aliphatic carbocycles. The minimum atomic E-state index is -3.66. The molecule has 0 bridgehead atoms. The summed E-state index contributed by atoms with van der Waals surface area (Å²) in [5, 5.41) is 0. The number of fused-ring (bicyclic) bond motifs is 1. The summed E-state index contributed by atoms with van der Waals surface area (Å²) in [4.78, 5) is 28.0. The van der Waals surface area contributed by atoms with E-state index in [1.165, 1.54) is 10.4 Å². The Morgan fingerprint density at radius 2 is 1.54 bits per heavy atom. The molecular weight excluding hydrogens is 330 g/mol. The van der Waals surface area contributed by atoms with Gasteiger partial charge in [-0.1, -0.05) is 19.3 Å². The highest BCUT2D eigenvalue weighted by atomic mass is 32.2. The van der Waals surface area contributed by atoms with Gasteiger partial charge in [0.25, 0.3) is 0 Å². The van der Waals surface area contributed by atoms with E-state index in [0.29, 0.717) is 16.6 Å². The van der Waals surface area contributed by atoms with Crippen molar-refractivity contribution in [2.24, 2.45) is 0 Å². The molecule has 1 aromatic heterocycles. The zero-order valence-corrected chi connectivity index (χ0v) is 14.6. The second-order valence-corrected chi connectivity index (χ2v) is 8.35. The van der Waals surface area contributed by atoms with Crippen molar-refractivity contribution in [2.75, 3.05) is 7.05 Å². The SMILES string of the molecule is Cc1cc2[nH]c(=O)c(=O)[nH]c2cc1S(=O)(=O)N(C)C1CCCCC1. The molecular formula is C16H21N3O4S. The standard InChI is InChI=1S/C16H21N3O4S/c1-10-8-12-13(18-16(21)15(20)17-12)9-14(10)24(22,23)19(2)11-6-4-3-5-7-11/h8-9,11H,3-7H2,1-2H3,(H,17,20)(H,18,21). The van der Waals surface area contributed by atoms with Crippen molar-refractivity contribution in [1.29, 1.82) is 0 Å². The molecule has 1 aromatic carbocycles. The lowest BCUT2D eigenvalue weighted by atomic mass is 9.96. The fraction of sp³-hybridized carbons (Fsp3) is 0.500. The van der Waals surface area contributed by atoms with Crippen LogP contribution in [0.2, 0.25) is 0 Å². The maximum Gasteiger partial charge on any atom is 0.314 e. The topological polar surface area (TPSA) is 103 Å². The first-order valence-corrected chi connectivity index (χ1v) is 9.49. The number of aryl methyl sites for hydroxylation is 1. The van der Waals surface area contributed by atoms with E-state index in [2.05, 4.69) is 9.97 Å². The maximum atomic E-state index is 13.0. The van der Waals surface area contributed by atoms with Gasteiger partial charge in [0.15, 0.2) is 0 Å². The zero-order valence-electron chi connectivity index (χ0n) is 13.8. The van der Waals surface area contributed by atoms with Crippen LogP contribution in [0.15, 0.2) is 26.6 Å². The molecule has 8 heteroatoms. The molecule has 0 spiro atoms. The fourth-order valence-corrected chi connectivity index (χ4v) is 4.97. The van der Waals surface area contributed by atoms with Crippen LogP contribution >= 0.6 is 0 Å². The fourth-order valence-electron chi connectivity index (χ4n) is 3.33. The molecule has 7 nitrogen and oxygen atoms in total. The highest BCUT2D eigenvalue weighted by Crippen LogP contribution is 2.28. The highest BCUT2D eigenvalue weighted by molar-refractivity contribution is 7.89. The summed E-state index contributed by atoms with van der Waals surface area (Å²) < 4.78 is 27.5. The first-order chi connectivity index (χ1) is 11.3. The lowest BCUT2D eigenvalue weighted by Gasteiger charge is -2.30. The first kappa shape index (κ1) is 16.9. The maximum absolute atomic E-state index is 13.0. The average molecular weight is 351 g/mol. The third-order valence-electron chi connectivity index (χ3n) is 4.76. The smallest absolute Gasteiger partial charge is 0.314 e. The molecule has 1 heterocycles. The minimum Gasteiger partial charge on any atom is -0.316 e. The Morgan fingerprint density at radius 1 is 1.00 bits per heavy atom. The van der Waals surface area contributed by atoms with Crippen molar-refractivity contribution in [2.45, 2.75) is 50.0 Å². The Labute approximate surface area is 139 Å². The number of benzene rings is 1. The summed E-state index contributed by atoms with van der Waals surface area (Å²) in [5.74, 6) is 0. The highest BCUT2D eigenvalue weighted by Gasteiger charge is 2.30. The van der Waals surface area contributed by atoms with Crippen LogP contribution in [0.1, 0.15) is 37.7 Å². The second-order valence-electron chi connectivity index (χ2n) is 6.38. The minimum absolute atomic E-state index is 0.00785. The van der Waals surface area contributed by atoms with Gasteiger partial charge in [-0.25, -0.2) is 8.42 Å². The quantitative estimate of drug-likeness (QED) is 0.817. The van der Waals surface area contributed by atoms with Crippen LogP contribution in [0, 0.1) is 6.92 Å². The van der Waals surface area contributed by atoms with Crippen LogP contribution in [0.3, 0.4) is 0 Å². The largest absolute Gasteiger partial charge is 0.316 e. The van der Waals surface area contributed by atoms with Gasteiger partial charge in [0.2, 0.25) is 10.0 Å². The summed E-state index contributed by atoms with van der Waals surface area (Å²) in [6.45, 7) is 1.68. The molecule has 24 heavy (non-hydrogen) atoms. The van der Waals surface area contributed by atoms with Crippen molar-refractivity contribution >= 4 is 21.1 Å². The molecule has 0 atom stereocenters. The summed E-state index contributed by atoms with van der Waals surface area (Å²) in [7, 11) is -2.05. The van der Waals surface area contributed by atoms with Gasteiger partial charge in [-0.15, -0.1) is 0 Å². The van der Waals surface area contributed by atoms with Crippen LogP contribution in [-0.2, 0) is 10.0 Å². The molecule has 1 aliphatic rings. The van der Waals surface area contributed by atoms with E-state index in [4.69, 9.17) is 0 Å². The Morgan fingerprint density at radius 3 is 2.12 bits per heavy atom. The molecule has 0 saturated heterocycles. The Bertz CT molecular complexity index is 985. The van der Waals surface area contributed by atoms with E-state index in [1.54, 1.807) is 20.0 Å². The third kappa shape index (κ3) is 2.91. The second kappa shape index (κ2) is 6.18. The van der Waals surface area contributed by atoms with Gasteiger partial charge in [-0.05, 0) is 37.5 Å². The van der Waals surface area contributed by atoms with E-state index in [-0.39, 0.29) is 10.9 Å². The van der Waals surface area contributed by atoms with Crippen LogP contribution in [0.25, 0.3) is 11.0 Å². The van der Waals surface area contributed by atoms with Gasteiger partial charge < -0.3 is 9.97 Å². The normalized spacial score (nSPS) is 16.8. The van der Waals surface area contributed by atoms with Crippen LogP contribution < -0.4 is 11.1 Å². The summed E-state index contributed by atoms with van der Waals surface area (Å²) in [6, 6.07) is 3.01. The molecule has 3 rings (SSSR count). The number of aromatic amines is 2. The number of sulfonamides is 1. The molecule has 0 unspecified atom stereocenters. The van der Waals surface area contributed by atoms with Crippen LogP contribution in [0.4, 0.5) is 0 Å². The van der Waals surface area contributed by atoms with Crippen molar-refractivity contribution in [1.82, 2.24) is 14.3 Å². The molecule has 2 N–H and O–H groups in total. The predicted molar refractivity (Wildman–Crippen MR) is 91.7 cm³/mol. The average Bonchev–Trinajstić information content (AvgIpc) is 2.56. The summed E-state index contributed by atoms with van der Waals surface area (Å²) >= 11 is 0. The monoisotopic (exact) mass is 351 g/mol. The van der Waals surface area contributed by atoms with Crippen LogP contribution in [0.5, 0.6) is 0 Å². The molecule has 0 aliphatic heterocycles. The van der Waals surface area contributed by atoms with Crippen molar-refractivity contribution in [3.63, 3.8) is 0 Å². The first-order valence-electron chi connectivity index (χ1n) is 8.05. The van der Waals surface area contributed by atoms with Gasteiger partial charge in [-0.2, -0.15) is 4.31 Å². The van der Waals surface area contributed by atoms with E-state index in [9.17, 15) is 18.0 Å². The lowest BCUT2D eigenvalue weighted by molar-refractivity contribution is 0.286. The van der Waals surface area contributed by atoms with Gasteiger partial charge in [0.1, 0.15) is 0 Å². The van der Waals surface area contributed by atoms with Gasteiger partial charge in [-0.3, -0.25) is 9.59 Å². The Balaban J connectivity index is 2.09. The Kier molecular flexibility index (Phi) is 4.35. The van der Waals surface area contributed by atoms with E-state index >= 15 is 0 Å². The number of hydrogen-bond acceptors (Lipinski definition) is 4. The predicted octanol–water partition coefficient (Wildman–Crippen LogP) is 1.48. The molecule has 0 amide bonds. The van der Waals surface area contributed by atoms with Crippen molar-refractivity contribution < 1.29 is 8.42 Å². The van der Waals surface area contributed by atoms with Crippen LogP contribution in [-0.4, -0.2) is 35.8 Å². The number of rotatable bonds is 3. The number of aromatic nitrogens is 2. The molecule has 0 radical (unpaired) electrons. The number of nitrogens with zero attached hydrogens (tertiary/aromatic N) is 1. The molecule has 2 aromatic rings. The molecule has 130 valence electrons. The van der Waals surface area contributed by atoms with Gasteiger partial charge in [0.05, 0.1) is 15.9 Å². The molecule has 1 saturated carbocycles. The van der Waals surface area contributed by atoms with Crippen molar-refractivity contribution in [3.05, 3.63) is 38.4 Å². The van der Waals surface area contributed by atoms with E-state index in [0.717, 1.165) is 32.1 Å². The van der Waals surface area contributed by atoms with E-state index in [1.807, 2.05) is 0 Å². The summed E-state index contributed by atoms with van der Waals surface area (Å²) in [5.41, 5.74) is -0.294. The zero-order chi connectivity index (χ0) is 17.5. The lowest BCUT2D eigenvalue weighted by Crippen LogP contribution is -2.38. The van der Waals surface area contributed by atoms with E-state index < -0.39 is 21.1 Å².